The van der Waals surface area contributed by atoms with E-state index in [4.69, 9.17) is 4.74 Å². The quantitative estimate of drug-likeness (QED) is 0.703. The fourth-order valence-electron chi connectivity index (χ4n) is 1.42. The van der Waals surface area contributed by atoms with Crippen LogP contribution < -0.4 is 5.32 Å². The van der Waals surface area contributed by atoms with E-state index in [2.05, 4.69) is 36.3 Å². The maximum absolute atomic E-state index is 5.03. The number of methoxy groups -OCH3 is 1. The molecule has 16 heavy (non-hydrogen) atoms. The smallest absolute Gasteiger partial charge is 0.0589 e. The van der Waals surface area contributed by atoms with Gasteiger partial charge >= 0.3 is 0 Å². The predicted octanol–water partition coefficient (Wildman–Crippen LogP) is 1.72. The number of nitrogens with one attached hydrogen (secondary N) is 1. The van der Waals surface area contributed by atoms with Crippen LogP contribution in [0.2, 0.25) is 0 Å². The van der Waals surface area contributed by atoms with Gasteiger partial charge in [0.15, 0.2) is 0 Å². The number of rotatable bonds is 8. The van der Waals surface area contributed by atoms with Crippen LogP contribution in [-0.2, 0) is 11.3 Å². The van der Waals surface area contributed by atoms with E-state index in [1.54, 1.807) is 7.11 Å². The van der Waals surface area contributed by atoms with Crippen LogP contribution in [0.15, 0.2) is 12.1 Å². The largest absolute Gasteiger partial charge is 0.383 e. The third-order valence-corrected chi connectivity index (χ3v) is 3.44. The Bertz CT molecular complexity index is 288. The first-order valence-electron chi connectivity index (χ1n) is 5.66. The summed E-state index contributed by atoms with van der Waals surface area (Å²) in [6.45, 7) is 7.02. The van der Waals surface area contributed by atoms with Gasteiger partial charge in [-0.1, -0.05) is 0 Å². The Morgan fingerprint density at radius 3 is 2.81 bits per heavy atom. The molecule has 0 aliphatic carbocycles. The zero-order valence-electron chi connectivity index (χ0n) is 10.5. The van der Waals surface area contributed by atoms with Gasteiger partial charge in [0.1, 0.15) is 0 Å². The van der Waals surface area contributed by atoms with Crippen molar-refractivity contribution in [1.29, 1.82) is 0 Å². The number of ether oxygens (including phenoxy) is 1. The van der Waals surface area contributed by atoms with E-state index in [1.165, 1.54) is 9.75 Å². The van der Waals surface area contributed by atoms with Crippen molar-refractivity contribution >= 4 is 11.3 Å². The van der Waals surface area contributed by atoms with E-state index in [-0.39, 0.29) is 0 Å². The van der Waals surface area contributed by atoms with Crippen LogP contribution in [0.1, 0.15) is 9.75 Å². The summed E-state index contributed by atoms with van der Waals surface area (Å²) in [6.07, 6.45) is 0. The fourth-order valence-corrected chi connectivity index (χ4v) is 2.28. The molecule has 1 aromatic heterocycles. The Balaban J connectivity index is 2.03. The first-order valence-corrected chi connectivity index (χ1v) is 6.47. The van der Waals surface area contributed by atoms with Crippen molar-refractivity contribution in [2.45, 2.75) is 13.5 Å². The van der Waals surface area contributed by atoms with Gasteiger partial charge in [-0.05, 0) is 26.1 Å². The highest BCUT2D eigenvalue weighted by Crippen LogP contribution is 2.14. The van der Waals surface area contributed by atoms with Crippen molar-refractivity contribution in [2.24, 2.45) is 0 Å². The molecule has 0 aliphatic heterocycles. The van der Waals surface area contributed by atoms with Crippen LogP contribution >= 0.6 is 11.3 Å². The van der Waals surface area contributed by atoms with Crippen LogP contribution in [0.25, 0.3) is 0 Å². The molecule has 92 valence electrons. The second-order valence-corrected chi connectivity index (χ2v) is 5.36. The van der Waals surface area contributed by atoms with Crippen LogP contribution in [0.3, 0.4) is 0 Å². The Morgan fingerprint density at radius 1 is 1.38 bits per heavy atom. The average Bonchev–Trinajstić information content (AvgIpc) is 2.67. The molecule has 0 aromatic carbocycles. The number of likely N-dealkylation sites (N-methyl/N-ethyl adjacent to an activating group) is 1. The molecule has 4 heteroatoms. The molecule has 1 aromatic rings. The first-order chi connectivity index (χ1) is 7.72. The second kappa shape index (κ2) is 7.79. The lowest BCUT2D eigenvalue weighted by Crippen LogP contribution is -2.31. The third kappa shape index (κ3) is 5.61. The van der Waals surface area contributed by atoms with E-state index in [1.807, 2.05) is 11.3 Å². The number of thiophene rings is 1. The number of hydrogen-bond donors (Lipinski definition) is 1. The normalized spacial score (nSPS) is 11.2. The number of nitrogens with zero attached hydrogens (tertiary/aromatic N) is 1. The van der Waals surface area contributed by atoms with Crippen molar-refractivity contribution in [3.05, 3.63) is 21.9 Å². The summed E-state index contributed by atoms with van der Waals surface area (Å²) in [5.41, 5.74) is 0. The highest BCUT2D eigenvalue weighted by atomic mass is 32.1. The number of aryl methyl sites for hydroxylation is 1. The van der Waals surface area contributed by atoms with Crippen LogP contribution in [0.4, 0.5) is 0 Å². The van der Waals surface area contributed by atoms with Gasteiger partial charge in [-0.3, -0.25) is 0 Å². The van der Waals surface area contributed by atoms with Crippen molar-refractivity contribution in [2.75, 3.05) is 40.4 Å². The molecule has 0 atom stereocenters. The van der Waals surface area contributed by atoms with Gasteiger partial charge in [0.25, 0.3) is 0 Å². The molecular weight excluding hydrogens is 220 g/mol. The minimum absolute atomic E-state index is 0.806. The van der Waals surface area contributed by atoms with Crippen LogP contribution in [0, 0.1) is 6.92 Å². The lowest BCUT2D eigenvalue weighted by Gasteiger charge is -2.15. The molecule has 0 radical (unpaired) electrons. The molecule has 0 aliphatic rings. The zero-order chi connectivity index (χ0) is 11.8. The Labute approximate surface area is 102 Å². The summed E-state index contributed by atoms with van der Waals surface area (Å²) in [5.74, 6) is 0. The molecule has 3 nitrogen and oxygen atoms in total. The minimum atomic E-state index is 0.806. The van der Waals surface area contributed by atoms with E-state index in [0.717, 1.165) is 32.8 Å². The molecule has 0 spiro atoms. The monoisotopic (exact) mass is 242 g/mol. The highest BCUT2D eigenvalue weighted by molar-refractivity contribution is 7.11. The lowest BCUT2D eigenvalue weighted by molar-refractivity contribution is 0.161. The van der Waals surface area contributed by atoms with E-state index in [0.29, 0.717) is 0 Å². The van der Waals surface area contributed by atoms with Gasteiger partial charge in [-0.25, -0.2) is 0 Å². The van der Waals surface area contributed by atoms with Gasteiger partial charge < -0.3 is 15.0 Å². The fraction of sp³-hybridized carbons (Fsp3) is 0.667. The van der Waals surface area contributed by atoms with E-state index < -0.39 is 0 Å². The molecule has 0 saturated carbocycles. The average molecular weight is 242 g/mol. The predicted molar refractivity (Wildman–Crippen MR) is 70.1 cm³/mol. The summed E-state index contributed by atoms with van der Waals surface area (Å²) in [5, 5.41) is 3.45. The summed E-state index contributed by atoms with van der Waals surface area (Å²) in [7, 11) is 3.86. The molecule has 1 N–H and O–H groups in total. The number of hydrogen-bond acceptors (Lipinski definition) is 4. The van der Waals surface area contributed by atoms with E-state index >= 15 is 0 Å². The molecule has 0 bridgehead atoms. The van der Waals surface area contributed by atoms with Crippen molar-refractivity contribution in [3.63, 3.8) is 0 Å². The van der Waals surface area contributed by atoms with Gasteiger partial charge in [0.05, 0.1) is 6.61 Å². The van der Waals surface area contributed by atoms with Gasteiger partial charge in [0, 0.05) is 43.0 Å². The van der Waals surface area contributed by atoms with Gasteiger partial charge in [0.2, 0.25) is 0 Å². The van der Waals surface area contributed by atoms with Crippen molar-refractivity contribution < 1.29 is 4.74 Å². The Hall–Kier alpha value is -0.420. The van der Waals surface area contributed by atoms with E-state index in [9.17, 15) is 0 Å². The van der Waals surface area contributed by atoms with Crippen LogP contribution in [0.5, 0.6) is 0 Å². The molecular formula is C12H22N2OS. The van der Waals surface area contributed by atoms with Gasteiger partial charge in [-0.15, -0.1) is 11.3 Å². The molecule has 0 unspecified atom stereocenters. The Kier molecular flexibility index (Phi) is 6.64. The van der Waals surface area contributed by atoms with Crippen molar-refractivity contribution in [1.82, 2.24) is 10.2 Å². The lowest BCUT2D eigenvalue weighted by atomic mass is 10.4. The third-order valence-electron chi connectivity index (χ3n) is 2.44. The highest BCUT2D eigenvalue weighted by Gasteiger charge is 1.98. The zero-order valence-corrected chi connectivity index (χ0v) is 11.3. The molecule has 0 amide bonds. The standard InChI is InChI=1S/C12H22N2OS/c1-11-4-5-12(16-11)10-13-6-7-14(2)8-9-15-3/h4-5,13H,6-10H2,1-3H3. The maximum Gasteiger partial charge on any atom is 0.0589 e. The second-order valence-electron chi connectivity index (χ2n) is 3.99. The summed E-state index contributed by atoms with van der Waals surface area (Å²) >= 11 is 1.86. The summed E-state index contributed by atoms with van der Waals surface area (Å²) in [6, 6.07) is 4.37. The molecule has 0 saturated heterocycles. The van der Waals surface area contributed by atoms with Crippen LogP contribution in [-0.4, -0.2) is 45.3 Å². The maximum atomic E-state index is 5.03. The van der Waals surface area contributed by atoms with Crippen molar-refractivity contribution in [3.8, 4) is 0 Å². The molecule has 0 fully saturated rings. The molecule has 1 heterocycles. The molecule has 1 rings (SSSR count). The van der Waals surface area contributed by atoms with Gasteiger partial charge in [-0.2, -0.15) is 0 Å². The topological polar surface area (TPSA) is 24.5 Å². The SMILES string of the molecule is COCCN(C)CCNCc1ccc(C)s1. The Morgan fingerprint density at radius 2 is 2.19 bits per heavy atom. The summed E-state index contributed by atoms with van der Waals surface area (Å²) < 4.78 is 5.03. The first kappa shape index (κ1) is 13.6. The summed E-state index contributed by atoms with van der Waals surface area (Å²) in [4.78, 5) is 5.07. The minimum Gasteiger partial charge on any atom is -0.383 e.